The molecule has 1 saturated carbocycles. The molecule has 3 rings (SSSR count). The van der Waals surface area contributed by atoms with Gasteiger partial charge in [-0.25, -0.2) is 0 Å². The van der Waals surface area contributed by atoms with Crippen LogP contribution >= 0.6 is 11.8 Å². The van der Waals surface area contributed by atoms with Gasteiger partial charge in [-0.1, -0.05) is 31.0 Å². The van der Waals surface area contributed by atoms with Crippen molar-refractivity contribution in [3.63, 3.8) is 0 Å². The van der Waals surface area contributed by atoms with Gasteiger partial charge in [-0.3, -0.25) is 14.2 Å². The van der Waals surface area contributed by atoms with Gasteiger partial charge in [-0.05, 0) is 38.8 Å². The average molecular weight is 421 g/mol. The summed E-state index contributed by atoms with van der Waals surface area (Å²) in [6, 6.07) is 3.85. The van der Waals surface area contributed by atoms with Gasteiger partial charge in [0.15, 0.2) is 22.8 Å². The molecule has 8 nitrogen and oxygen atoms in total. The first kappa shape index (κ1) is 21.4. The van der Waals surface area contributed by atoms with Crippen LogP contribution in [0.1, 0.15) is 46.0 Å². The summed E-state index contributed by atoms with van der Waals surface area (Å²) in [4.78, 5) is 26.6. The highest BCUT2D eigenvalue weighted by atomic mass is 32.2. The molecule has 1 atom stereocenters. The Morgan fingerprint density at radius 3 is 2.76 bits per heavy atom. The molecule has 0 saturated heterocycles. The highest BCUT2D eigenvalue weighted by molar-refractivity contribution is 7.99. The number of amides is 1. The fourth-order valence-electron chi connectivity index (χ4n) is 3.61. The van der Waals surface area contributed by atoms with Crippen LogP contribution in [0.2, 0.25) is 0 Å². The molecule has 1 fully saturated rings. The van der Waals surface area contributed by atoms with E-state index >= 15 is 0 Å². The summed E-state index contributed by atoms with van der Waals surface area (Å²) < 4.78 is 12.6. The van der Waals surface area contributed by atoms with Gasteiger partial charge >= 0.3 is 5.97 Å². The number of likely N-dealkylation sites (N-methyl/N-ethyl adjacent to an activating group) is 1. The Labute approximate surface area is 175 Å². The average Bonchev–Trinajstić information content (AvgIpc) is 3.40. The lowest BCUT2D eigenvalue weighted by Crippen LogP contribution is -2.44. The van der Waals surface area contributed by atoms with Crippen LogP contribution in [0, 0.1) is 0 Å². The molecule has 1 amide bonds. The molecular formula is C20H28N4O4S. The van der Waals surface area contributed by atoms with E-state index in [1.807, 2.05) is 17.6 Å². The van der Waals surface area contributed by atoms with E-state index in [1.54, 1.807) is 31.2 Å². The third-order valence-corrected chi connectivity index (χ3v) is 6.16. The quantitative estimate of drug-likeness (QED) is 0.478. The Kier molecular flexibility index (Phi) is 7.35. The maximum absolute atomic E-state index is 12.6. The van der Waals surface area contributed by atoms with Crippen molar-refractivity contribution >= 4 is 23.6 Å². The lowest BCUT2D eigenvalue weighted by molar-refractivity contribution is -0.157. The van der Waals surface area contributed by atoms with Crippen molar-refractivity contribution in [2.75, 3.05) is 12.8 Å². The van der Waals surface area contributed by atoms with Gasteiger partial charge in [0.05, 0.1) is 12.0 Å². The first-order chi connectivity index (χ1) is 14.0. The second kappa shape index (κ2) is 9.96. The molecule has 0 aromatic carbocycles. The summed E-state index contributed by atoms with van der Waals surface area (Å²) >= 11 is 1.24. The van der Waals surface area contributed by atoms with E-state index in [0.717, 1.165) is 25.7 Å². The van der Waals surface area contributed by atoms with E-state index < -0.39 is 12.1 Å². The Morgan fingerprint density at radius 2 is 2.10 bits per heavy atom. The second-order valence-corrected chi connectivity index (χ2v) is 8.13. The lowest BCUT2D eigenvalue weighted by Gasteiger charge is -2.32. The van der Waals surface area contributed by atoms with E-state index in [0.29, 0.717) is 23.3 Å². The van der Waals surface area contributed by atoms with E-state index in [9.17, 15) is 9.59 Å². The van der Waals surface area contributed by atoms with Crippen LogP contribution in [0.3, 0.4) is 0 Å². The Hall–Kier alpha value is -2.29. The van der Waals surface area contributed by atoms with Crippen LogP contribution in [0.15, 0.2) is 28.0 Å². The van der Waals surface area contributed by atoms with Crippen LogP contribution < -0.4 is 0 Å². The van der Waals surface area contributed by atoms with Crippen LogP contribution in [0.4, 0.5) is 0 Å². The van der Waals surface area contributed by atoms with Gasteiger partial charge < -0.3 is 14.1 Å². The normalized spacial score (nSPS) is 15.8. The van der Waals surface area contributed by atoms with Gasteiger partial charge in [0.25, 0.3) is 5.91 Å². The standard InChI is InChI=1S/C20H28N4O4S/c1-4-24-18(16-11-8-12-27-16)21-22-20(24)29-13-17(25)28-14(2)19(26)23(3)15-9-6-5-7-10-15/h8,11-12,14-15H,4-7,9-10,13H2,1-3H3/t14-/m0/s1. The summed E-state index contributed by atoms with van der Waals surface area (Å²) in [6.07, 6.45) is 6.34. The predicted octanol–water partition coefficient (Wildman–Crippen LogP) is 3.37. The molecule has 0 aliphatic heterocycles. The number of aromatic nitrogens is 3. The zero-order chi connectivity index (χ0) is 20.8. The Morgan fingerprint density at radius 1 is 1.34 bits per heavy atom. The van der Waals surface area contributed by atoms with Crippen LogP contribution in [-0.2, 0) is 20.9 Å². The van der Waals surface area contributed by atoms with E-state index in [2.05, 4.69) is 10.2 Å². The van der Waals surface area contributed by atoms with Crippen molar-refractivity contribution in [3.05, 3.63) is 18.4 Å². The maximum Gasteiger partial charge on any atom is 0.317 e. The Balaban J connectivity index is 1.52. The molecule has 2 aromatic rings. The van der Waals surface area contributed by atoms with Gasteiger partial charge in [-0.15, -0.1) is 10.2 Å². The number of carbonyl (C=O) groups excluding carboxylic acids is 2. The molecule has 2 aromatic heterocycles. The molecule has 0 unspecified atom stereocenters. The molecule has 9 heteroatoms. The number of esters is 1. The van der Waals surface area contributed by atoms with E-state index in [4.69, 9.17) is 9.15 Å². The fourth-order valence-corrected chi connectivity index (χ4v) is 4.39. The third-order valence-electron chi connectivity index (χ3n) is 5.22. The first-order valence-corrected chi connectivity index (χ1v) is 11.1. The lowest BCUT2D eigenvalue weighted by atomic mass is 9.94. The summed E-state index contributed by atoms with van der Waals surface area (Å²) in [5, 5.41) is 8.91. The number of ether oxygens (including phenoxy) is 1. The molecule has 29 heavy (non-hydrogen) atoms. The molecular weight excluding hydrogens is 392 g/mol. The largest absolute Gasteiger partial charge is 0.461 e. The number of hydrogen-bond acceptors (Lipinski definition) is 7. The number of carbonyl (C=O) groups is 2. The summed E-state index contributed by atoms with van der Waals surface area (Å²) in [7, 11) is 1.80. The molecule has 158 valence electrons. The highest BCUT2D eigenvalue weighted by Crippen LogP contribution is 2.25. The molecule has 0 radical (unpaired) electrons. The summed E-state index contributed by atoms with van der Waals surface area (Å²) in [5.41, 5.74) is 0. The molecule has 0 spiro atoms. The highest BCUT2D eigenvalue weighted by Gasteiger charge is 2.28. The van der Waals surface area contributed by atoms with E-state index in [-0.39, 0.29) is 17.7 Å². The summed E-state index contributed by atoms with van der Waals surface area (Å²) in [5.74, 6) is 0.705. The predicted molar refractivity (Wildman–Crippen MR) is 109 cm³/mol. The number of hydrogen-bond donors (Lipinski definition) is 0. The van der Waals surface area contributed by atoms with Gasteiger partial charge in [0.1, 0.15) is 0 Å². The molecule has 2 heterocycles. The maximum atomic E-state index is 12.6. The fraction of sp³-hybridized carbons (Fsp3) is 0.600. The van der Waals surface area contributed by atoms with Gasteiger partial charge in [-0.2, -0.15) is 0 Å². The molecule has 0 N–H and O–H groups in total. The monoisotopic (exact) mass is 420 g/mol. The third kappa shape index (κ3) is 5.20. The number of thioether (sulfide) groups is 1. The van der Waals surface area contributed by atoms with Crippen LogP contribution in [-0.4, -0.2) is 56.5 Å². The zero-order valence-corrected chi connectivity index (χ0v) is 18.0. The van der Waals surface area contributed by atoms with Crippen molar-refractivity contribution in [1.29, 1.82) is 0 Å². The van der Waals surface area contributed by atoms with Crippen molar-refractivity contribution < 1.29 is 18.7 Å². The van der Waals surface area contributed by atoms with E-state index in [1.165, 1.54) is 18.2 Å². The van der Waals surface area contributed by atoms with Gasteiger partial charge in [0.2, 0.25) is 0 Å². The van der Waals surface area contributed by atoms with Crippen molar-refractivity contribution in [1.82, 2.24) is 19.7 Å². The number of furan rings is 1. The number of nitrogens with zero attached hydrogens (tertiary/aromatic N) is 4. The van der Waals surface area contributed by atoms with Crippen LogP contribution in [0.25, 0.3) is 11.6 Å². The minimum atomic E-state index is -0.794. The van der Waals surface area contributed by atoms with Crippen molar-refractivity contribution in [2.45, 2.75) is 69.8 Å². The topological polar surface area (TPSA) is 90.5 Å². The second-order valence-electron chi connectivity index (χ2n) is 7.19. The van der Waals surface area contributed by atoms with Crippen molar-refractivity contribution in [3.8, 4) is 11.6 Å². The minimum absolute atomic E-state index is 0.0566. The number of rotatable bonds is 8. The Bertz CT molecular complexity index is 815. The summed E-state index contributed by atoms with van der Waals surface area (Å²) in [6.45, 7) is 4.25. The smallest absolute Gasteiger partial charge is 0.317 e. The first-order valence-electron chi connectivity index (χ1n) is 10.1. The molecule has 0 bridgehead atoms. The van der Waals surface area contributed by atoms with Crippen molar-refractivity contribution in [2.24, 2.45) is 0 Å². The zero-order valence-electron chi connectivity index (χ0n) is 17.2. The molecule has 1 aliphatic carbocycles. The van der Waals surface area contributed by atoms with Gasteiger partial charge in [0, 0.05) is 19.6 Å². The minimum Gasteiger partial charge on any atom is -0.461 e. The molecule has 1 aliphatic rings. The van der Waals surface area contributed by atoms with Crippen LogP contribution in [0.5, 0.6) is 0 Å². The SMILES string of the molecule is CCn1c(SCC(=O)O[C@@H](C)C(=O)N(C)C2CCCCC2)nnc1-c1ccco1.